The van der Waals surface area contributed by atoms with Crippen molar-refractivity contribution in [2.24, 2.45) is 0 Å². The predicted molar refractivity (Wildman–Crippen MR) is 152 cm³/mol. The summed E-state index contributed by atoms with van der Waals surface area (Å²) in [4.78, 5) is 23.5. The molecule has 16 heteroatoms. The third kappa shape index (κ3) is 6.66. The molecule has 0 saturated carbocycles. The maximum atomic E-state index is 14.2. The number of ether oxygens (including phenoxy) is 1. The van der Waals surface area contributed by atoms with E-state index in [1.54, 1.807) is 0 Å². The minimum Gasteiger partial charge on any atom is -0.437 e. The van der Waals surface area contributed by atoms with Crippen LogP contribution in [0.3, 0.4) is 0 Å². The van der Waals surface area contributed by atoms with Crippen LogP contribution in [0.2, 0.25) is 0 Å². The van der Waals surface area contributed by atoms with Gasteiger partial charge in [-0.15, -0.1) is 0 Å². The first kappa shape index (κ1) is 31.6. The number of nitrogens with zero attached hydrogens (tertiary/aromatic N) is 4. The Labute approximate surface area is 254 Å². The Balaban J connectivity index is 1.55. The van der Waals surface area contributed by atoms with Crippen molar-refractivity contribution in [3.63, 3.8) is 0 Å². The summed E-state index contributed by atoms with van der Waals surface area (Å²) in [6, 6.07) is 12.5. The SMILES string of the molecule is Cc1c(C(=O)NCc2cccc(C(F)(F)F)c2)nn(-c2cccc(F)c2)c1Oc1ccc([N+](=O)[O-])cc1S(=O)(=O)N1CCCC1. The van der Waals surface area contributed by atoms with E-state index in [2.05, 4.69) is 10.4 Å². The highest BCUT2D eigenvalue weighted by Crippen LogP contribution is 2.37. The first-order valence-corrected chi connectivity index (χ1v) is 15.0. The Morgan fingerprint density at radius 2 is 1.78 bits per heavy atom. The lowest BCUT2D eigenvalue weighted by molar-refractivity contribution is -0.385. The lowest BCUT2D eigenvalue weighted by atomic mass is 10.1. The molecular formula is C29H25F4N5O6S. The summed E-state index contributed by atoms with van der Waals surface area (Å²) in [6.45, 7) is 1.56. The Bertz CT molecular complexity index is 1890. The highest BCUT2D eigenvalue weighted by Gasteiger charge is 2.33. The quantitative estimate of drug-likeness (QED) is 0.139. The second kappa shape index (κ2) is 12.3. The van der Waals surface area contributed by atoms with Gasteiger partial charge in [0.25, 0.3) is 11.6 Å². The zero-order valence-electron chi connectivity index (χ0n) is 23.5. The summed E-state index contributed by atoms with van der Waals surface area (Å²) in [7, 11) is -4.25. The van der Waals surface area contributed by atoms with Crippen LogP contribution >= 0.6 is 0 Å². The van der Waals surface area contributed by atoms with E-state index < -0.39 is 49.0 Å². The largest absolute Gasteiger partial charge is 0.437 e. The molecule has 0 radical (unpaired) electrons. The Morgan fingerprint density at radius 1 is 1.07 bits per heavy atom. The summed E-state index contributed by atoms with van der Waals surface area (Å²) in [5, 5.41) is 18.3. The van der Waals surface area contributed by atoms with Crippen molar-refractivity contribution in [3.8, 4) is 17.3 Å². The van der Waals surface area contributed by atoms with E-state index in [0.29, 0.717) is 12.8 Å². The average Bonchev–Trinajstić information content (AvgIpc) is 3.65. The molecule has 1 N–H and O–H groups in total. The number of carbonyl (C=O) groups excluding carboxylic acids is 1. The monoisotopic (exact) mass is 647 g/mol. The summed E-state index contributed by atoms with van der Waals surface area (Å²) < 4.78 is 89.0. The first-order chi connectivity index (χ1) is 21.3. The molecule has 1 amide bonds. The maximum absolute atomic E-state index is 14.2. The highest BCUT2D eigenvalue weighted by molar-refractivity contribution is 7.89. The lowest BCUT2D eigenvalue weighted by Gasteiger charge is -2.18. The number of sulfonamides is 1. The second-order valence-corrected chi connectivity index (χ2v) is 12.1. The van der Waals surface area contributed by atoms with Crippen LogP contribution < -0.4 is 10.1 Å². The van der Waals surface area contributed by atoms with Crippen LogP contribution in [0.5, 0.6) is 11.6 Å². The van der Waals surface area contributed by atoms with Crippen LogP contribution in [0, 0.1) is 22.9 Å². The molecule has 45 heavy (non-hydrogen) atoms. The number of rotatable bonds is 9. The van der Waals surface area contributed by atoms with Gasteiger partial charge in [-0.25, -0.2) is 12.8 Å². The topological polar surface area (TPSA) is 137 Å². The van der Waals surface area contributed by atoms with Crippen molar-refractivity contribution >= 4 is 21.6 Å². The minimum atomic E-state index is -4.58. The predicted octanol–water partition coefficient (Wildman–Crippen LogP) is 5.75. The Morgan fingerprint density at radius 3 is 2.44 bits per heavy atom. The lowest BCUT2D eigenvalue weighted by Crippen LogP contribution is -2.28. The Hall–Kier alpha value is -4.83. The maximum Gasteiger partial charge on any atom is 0.416 e. The molecule has 4 aromatic rings. The number of carbonyl (C=O) groups is 1. The molecule has 3 aromatic carbocycles. The fourth-order valence-corrected chi connectivity index (χ4v) is 6.44. The van der Waals surface area contributed by atoms with Crippen LogP contribution in [0.25, 0.3) is 5.69 Å². The summed E-state index contributed by atoms with van der Waals surface area (Å²) >= 11 is 0. The van der Waals surface area contributed by atoms with Gasteiger partial charge in [-0.3, -0.25) is 14.9 Å². The first-order valence-electron chi connectivity index (χ1n) is 13.5. The number of alkyl halides is 3. The molecule has 236 valence electrons. The second-order valence-electron chi connectivity index (χ2n) is 10.2. The number of amides is 1. The molecule has 1 saturated heterocycles. The summed E-state index contributed by atoms with van der Waals surface area (Å²) in [6.07, 6.45) is -3.37. The molecule has 2 heterocycles. The van der Waals surface area contributed by atoms with Crippen LogP contribution in [-0.2, 0) is 22.7 Å². The number of nitrogens with one attached hydrogen (secondary N) is 1. The summed E-state index contributed by atoms with van der Waals surface area (Å²) in [5.41, 5.74) is -1.30. The van der Waals surface area contributed by atoms with Crippen molar-refractivity contribution < 1.29 is 40.4 Å². The smallest absolute Gasteiger partial charge is 0.416 e. The zero-order valence-corrected chi connectivity index (χ0v) is 24.4. The van der Waals surface area contributed by atoms with Gasteiger partial charge in [0.05, 0.1) is 16.2 Å². The van der Waals surface area contributed by atoms with E-state index in [1.807, 2.05) is 0 Å². The molecule has 0 bridgehead atoms. The number of benzene rings is 3. The Kier molecular flexibility index (Phi) is 8.62. The molecule has 1 aliphatic heterocycles. The van der Waals surface area contributed by atoms with E-state index in [4.69, 9.17) is 4.74 Å². The minimum absolute atomic E-state index is 0.0728. The molecule has 5 rings (SSSR count). The van der Waals surface area contributed by atoms with Gasteiger partial charge >= 0.3 is 6.18 Å². The van der Waals surface area contributed by atoms with E-state index in [1.165, 1.54) is 41.6 Å². The molecular weight excluding hydrogens is 622 g/mol. The molecule has 0 atom stereocenters. The molecule has 0 aliphatic carbocycles. The van der Waals surface area contributed by atoms with Crippen molar-refractivity contribution in [1.82, 2.24) is 19.4 Å². The van der Waals surface area contributed by atoms with Gasteiger partial charge in [-0.05, 0) is 61.7 Å². The van der Waals surface area contributed by atoms with Crippen molar-refractivity contribution in [3.05, 3.63) is 105 Å². The van der Waals surface area contributed by atoms with Gasteiger partial charge in [0.15, 0.2) is 5.69 Å². The molecule has 1 fully saturated rings. The number of halogens is 4. The summed E-state index contributed by atoms with van der Waals surface area (Å²) in [5.74, 6) is -1.96. The number of aromatic nitrogens is 2. The van der Waals surface area contributed by atoms with Crippen molar-refractivity contribution in [2.45, 2.75) is 37.4 Å². The van der Waals surface area contributed by atoms with Gasteiger partial charge in [-0.2, -0.15) is 27.3 Å². The zero-order chi connectivity index (χ0) is 32.5. The van der Waals surface area contributed by atoms with Gasteiger partial charge in [0.1, 0.15) is 16.5 Å². The molecule has 0 spiro atoms. The number of nitro benzene ring substituents is 1. The van der Waals surface area contributed by atoms with Crippen molar-refractivity contribution in [1.29, 1.82) is 0 Å². The van der Waals surface area contributed by atoms with E-state index in [9.17, 15) is 40.9 Å². The molecule has 0 unspecified atom stereocenters. The van der Waals surface area contributed by atoms with Gasteiger partial charge in [-0.1, -0.05) is 18.2 Å². The van der Waals surface area contributed by atoms with Crippen LogP contribution in [0.1, 0.15) is 40.0 Å². The van der Waals surface area contributed by atoms with Crippen LogP contribution in [-0.4, -0.2) is 46.4 Å². The van der Waals surface area contributed by atoms with E-state index in [0.717, 1.165) is 41.1 Å². The van der Waals surface area contributed by atoms with E-state index in [-0.39, 0.29) is 53.8 Å². The van der Waals surface area contributed by atoms with Gasteiger partial charge in [0, 0.05) is 37.3 Å². The number of hydrogen-bond donors (Lipinski definition) is 1. The van der Waals surface area contributed by atoms with Gasteiger partial charge < -0.3 is 10.1 Å². The third-order valence-corrected chi connectivity index (χ3v) is 8.99. The standard InChI is InChI=1S/C29H25F4N5O6S/c1-18-26(27(39)34-17-19-6-4-7-20(14-19)29(31,32)33)35-37(22-9-5-8-21(30)15-22)28(18)44-24-11-10-23(38(40)41)16-25(24)45(42,43)36-12-2-3-13-36/h4-11,14-16H,2-3,12-13,17H2,1H3,(H,34,39). The molecule has 1 aliphatic rings. The van der Waals surface area contributed by atoms with Crippen LogP contribution in [0.15, 0.2) is 71.6 Å². The highest BCUT2D eigenvalue weighted by atomic mass is 32.2. The number of nitro groups is 1. The number of hydrogen-bond acceptors (Lipinski definition) is 7. The number of non-ortho nitro benzene ring substituents is 1. The third-order valence-electron chi connectivity index (χ3n) is 7.07. The molecule has 11 nitrogen and oxygen atoms in total. The average molecular weight is 648 g/mol. The van der Waals surface area contributed by atoms with Gasteiger partial charge in [0.2, 0.25) is 15.9 Å². The normalized spacial score (nSPS) is 14.0. The fraction of sp³-hybridized carbons (Fsp3) is 0.241. The van der Waals surface area contributed by atoms with E-state index >= 15 is 0 Å². The molecule has 1 aromatic heterocycles. The van der Waals surface area contributed by atoms with Crippen LogP contribution in [0.4, 0.5) is 23.2 Å². The fourth-order valence-electron chi connectivity index (χ4n) is 4.79. The van der Waals surface area contributed by atoms with Crippen molar-refractivity contribution in [2.75, 3.05) is 13.1 Å².